The molecular weight excluding hydrogens is 438 g/mol. The second kappa shape index (κ2) is 10.0. The number of aromatic nitrogens is 1. The number of rotatable bonds is 8. The van der Waals surface area contributed by atoms with E-state index < -0.39 is 11.8 Å². The molecule has 1 saturated heterocycles. The maximum atomic E-state index is 11.2. The van der Waals surface area contributed by atoms with Crippen LogP contribution in [0.4, 0.5) is 0 Å². The molecule has 1 aromatic heterocycles. The summed E-state index contributed by atoms with van der Waals surface area (Å²) in [5, 5.41) is 9.19. The highest BCUT2D eigenvalue weighted by molar-refractivity contribution is 7.98. The van der Waals surface area contributed by atoms with Crippen LogP contribution in [0, 0.1) is 6.92 Å². The van der Waals surface area contributed by atoms with Crippen molar-refractivity contribution >= 4 is 17.7 Å². The number of benzene rings is 2. The van der Waals surface area contributed by atoms with Gasteiger partial charge in [0.1, 0.15) is 12.4 Å². The number of ether oxygens (including phenoxy) is 3. The summed E-state index contributed by atoms with van der Waals surface area (Å²) in [5.41, 5.74) is 4.61. The first-order valence-electron chi connectivity index (χ1n) is 10.9. The molecule has 0 radical (unpaired) electrons. The molecule has 3 aromatic rings. The Morgan fingerprint density at radius 1 is 1.09 bits per heavy atom. The van der Waals surface area contributed by atoms with Gasteiger partial charge in [0.15, 0.2) is 0 Å². The largest absolute Gasteiger partial charge is 0.492 e. The minimum Gasteiger partial charge on any atom is -0.492 e. The molecule has 0 bridgehead atoms. The maximum Gasteiger partial charge on any atom is 0.364 e. The number of carboxylic acid groups (broad SMARTS) is 1. The summed E-state index contributed by atoms with van der Waals surface area (Å²) >= 11 is 1.74. The van der Waals surface area contributed by atoms with Crippen molar-refractivity contribution in [2.45, 2.75) is 37.0 Å². The molecule has 0 atom stereocenters. The zero-order valence-electron chi connectivity index (χ0n) is 19.1. The SMILES string of the molecule is CSc1ccc(-c2ccc(C)n2CCOc2ccc([C@H]3CO[C@@](C)(C(=O)O)OC3)cc2)cc1. The highest BCUT2D eigenvalue weighted by Gasteiger charge is 2.40. The predicted octanol–water partition coefficient (Wildman–Crippen LogP) is 5.20. The fourth-order valence-corrected chi connectivity index (χ4v) is 4.30. The number of nitrogens with zero attached hydrogens (tertiary/aromatic N) is 1. The molecule has 1 aliphatic heterocycles. The summed E-state index contributed by atoms with van der Waals surface area (Å²) in [5.74, 6) is -1.88. The van der Waals surface area contributed by atoms with Crippen LogP contribution in [0.5, 0.6) is 5.75 Å². The van der Waals surface area contributed by atoms with Crippen molar-refractivity contribution in [2.75, 3.05) is 26.1 Å². The lowest BCUT2D eigenvalue weighted by atomic mass is 9.99. The number of aliphatic carboxylic acids is 1. The molecule has 7 heteroatoms. The van der Waals surface area contributed by atoms with Gasteiger partial charge in [0.2, 0.25) is 0 Å². The molecule has 4 rings (SSSR count). The van der Waals surface area contributed by atoms with Crippen LogP contribution in [-0.4, -0.2) is 47.5 Å². The lowest BCUT2D eigenvalue weighted by molar-refractivity contribution is -0.262. The molecule has 0 spiro atoms. The van der Waals surface area contributed by atoms with Crippen molar-refractivity contribution in [1.29, 1.82) is 0 Å². The van der Waals surface area contributed by atoms with Gasteiger partial charge in [0, 0.05) is 29.1 Å². The van der Waals surface area contributed by atoms with Gasteiger partial charge in [0.25, 0.3) is 5.79 Å². The summed E-state index contributed by atoms with van der Waals surface area (Å²) in [6.07, 6.45) is 2.08. The van der Waals surface area contributed by atoms with Crippen LogP contribution in [0.15, 0.2) is 65.6 Å². The van der Waals surface area contributed by atoms with Crippen molar-refractivity contribution < 1.29 is 24.1 Å². The van der Waals surface area contributed by atoms with Crippen LogP contribution in [0.1, 0.15) is 24.1 Å². The first-order valence-corrected chi connectivity index (χ1v) is 12.2. The van der Waals surface area contributed by atoms with Gasteiger partial charge in [0.05, 0.1) is 19.8 Å². The van der Waals surface area contributed by atoms with Gasteiger partial charge in [-0.05, 0) is 60.7 Å². The molecule has 33 heavy (non-hydrogen) atoms. The zero-order chi connectivity index (χ0) is 23.4. The van der Waals surface area contributed by atoms with E-state index in [9.17, 15) is 9.90 Å². The van der Waals surface area contributed by atoms with E-state index in [0.717, 1.165) is 17.9 Å². The topological polar surface area (TPSA) is 69.9 Å². The molecule has 174 valence electrons. The predicted molar refractivity (Wildman–Crippen MR) is 129 cm³/mol. The number of aryl methyl sites for hydroxylation is 1. The number of carboxylic acids is 1. The van der Waals surface area contributed by atoms with Gasteiger partial charge in [-0.1, -0.05) is 24.3 Å². The van der Waals surface area contributed by atoms with Crippen molar-refractivity contribution in [1.82, 2.24) is 4.57 Å². The molecule has 1 N–H and O–H groups in total. The van der Waals surface area contributed by atoms with E-state index in [2.05, 4.69) is 54.1 Å². The molecule has 1 aliphatic rings. The van der Waals surface area contributed by atoms with Crippen LogP contribution < -0.4 is 4.74 Å². The number of hydrogen-bond acceptors (Lipinski definition) is 5. The van der Waals surface area contributed by atoms with E-state index in [1.807, 2.05) is 24.3 Å². The summed E-state index contributed by atoms with van der Waals surface area (Å²) in [6.45, 7) is 5.45. The molecular formula is C26H29NO5S. The van der Waals surface area contributed by atoms with Crippen molar-refractivity contribution in [3.8, 4) is 17.0 Å². The van der Waals surface area contributed by atoms with Crippen LogP contribution in [0.25, 0.3) is 11.3 Å². The van der Waals surface area contributed by atoms with Crippen LogP contribution >= 0.6 is 11.8 Å². The van der Waals surface area contributed by atoms with Crippen molar-refractivity contribution in [3.63, 3.8) is 0 Å². The van der Waals surface area contributed by atoms with Crippen LogP contribution in [-0.2, 0) is 20.8 Å². The molecule has 2 heterocycles. The summed E-state index contributed by atoms with van der Waals surface area (Å²) < 4.78 is 19.2. The van der Waals surface area contributed by atoms with Gasteiger partial charge in [-0.15, -0.1) is 11.8 Å². The number of carbonyl (C=O) groups is 1. The van der Waals surface area contributed by atoms with Crippen LogP contribution in [0.3, 0.4) is 0 Å². The highest BCUT2D eigenvalue weighted by atomic mass is 32.2. The summed E-state index contributed by atoms with van der Waals surface area (Å²) in [4.78, 5) is 12.5. The lowest BCUT2D eigenvalue weighted by Crippen LogP contribution is -2.47. The molecule has 0 amide bonds. The first kappa shape index (κ1) is 23.4. The molecule has 0 unspecified atom stereocenters. The highest BCUT2D eigenvalue weighted by Crippen LogP contribution is 2.29. The average Bonchev–Trinajstić information content (AvgIpc) is 3.20. The van der Waals surface area contributed by atoms with Gasteiger partial charge in [-0.2, -0.15) is 0 Å². The van der Waals surface area contributed by atoms with Crippen molar-refractivity contribution in [3.05, 3.63) is 71.9 Å². The lowest BCUT2D eigenvalue weighted by Gasteiger charge is -2.34. The Labute approximate surface area is 198 Å². The summed E-state index contributed by atoms with van der Waals surface area (Å²) in [6, 6.07) is 20.7. The third-order valence-electron chi connectivity index (χ3n) is 6.03. The molecule has 6 nitrogen and oxygen atoms in total. The van der Waals surface area contributed by atoms with E-state index in [0.29, 0.717) is 19.8 Å². The van der Waals surface area contributed by atoms with Gasteiger partial charge in [-0.25, -0.2) is 4.79 Å². The Balaban J connectivity index is 1.34. The van der Waals surface area contributed by atoms with E-state index in [1.165, 1.54) is 28.8 Å². The molecule has 2 aromatic carbocycles. The molecule has 0 saturated carbocycles. The normalized spacial score (nSPS) is 20.5. The summed E-state index contributed by atoms with van der Waals surface area (Å²) in [7, 11) is 0. The van der Waals surface area contributed by atoms with Gasteiger partial charge < -0.3 is 23.9 Å². The second-order valence-corrected chi connectivity index (χ2v) is 9.11. The van der Waals surface area contributed by atoms with E-state index in [-0.39, 0.29) is 5.92 Å². The third-order valence-corrected chi connectivity index (χ3v) is 6.77. The Morgan fingerprint density at radius 2 is 1.76 bits per heavy atom. The fourth-order valence-electron chi connectivity index (χ4n) is 3.90. The third kappa shape index (κ3) is 5.27. The second-order valence-electron chi connectivity index (χ2n) is 8.23. The Hall–Kier alpha value is -2.74. The minimum absolute atomic E-state index is 0.00551. The Morgan fingerprint density at radius 3 is 2.36 bits per heavy atom. The van der Waals surface area contributed by atoms with Crippen LogP contribution in [0.2, 0.25) is 0 Å². The quantitative estimate of drug-likeness (QED) is 0.460. The van der Waals surface area contributed by atoms with E-state index >= 15 is 0 Å². The van der Waals surface area contributed by atoms with E-state index in [4.69, 9.17) is 14.2 Å². The smallest absolute Gasteiger partial charge is 0.364 e. The fraction of sp³-hybridized carbons (Fsp3) is 0.346. The van der Waals surface area contributed by atoms with Gasteiger partial charge >= 0.3 is 5.97 Å². The zero-order valence-corrected chi connectivity index (χ0v) is 19.9. The Kier molecular flexibility index (Phi) is 7.12. The minimum atomic E-state index is -1.56. The average molecular weight is 468 g/mol. The Bertz CT molecular complexity index is 1080. The monoisotopic (exact) mass is 467 g/mol. The van der Waals surface area contributed by atoms with E-state index in [1.54, 1.807) is 11.8 Å². The maximum absolute atomic E-state index is 11.2. The molecule has 0 aliphatic carbocycles. The molecule has 1 fully saturated rings. The van der Waals surface area contributed by atoms with Crippen molar-refractivity contribution in [2.24, 2.45) is 0 Å². The number of hydrogen-bond donors (Lipinski definition) is 1. The van der Waals surface area contributed by atoms with Gasteiger partial charge in [-0.3, -0.25) is 0 Å². The number of thioether (sulfide) groups is 1. The first-order chi connectivity index (χ1) is 15.9. The standard InChI is InChI=1S/C26H29NO5S/c1-18-4-13-24(20-7-11-23(33-3)12-8-20)27(18)14-15-30-22-9-5-19(6-10-22)21-16-31-26(2,25(28)29)32-17-21/h4-13,21H,14-17H2,1-3H3,(H,28,29)/t21-,26+.